The Morgan fingerprint density at radius 2 is 1.77 bits per heavy atom. The summed E-state index contributed by atoms with van der Waals surface area (Å²) in [6.07, 6.45) is -8.33. The minimum Gasteiger partial charge on any atom is -0.479 e. The van der Waals surface area contributed by atoms with Crippen LogP contribution in [-0.4, -0.2) is 91.8 Å². The van der Waals surface area contributed by atoms with Crippen LogP contribution in [0.25, 0.3) is 0 Å². The number of hydrogen-bond acceptors (Lipinski definition) is 9. The first kappa shape index (κ1) is 29.6. The van der Waals surface area contributed by atoms with Crippen LogP contribution in [0.4, 0.5) is 4.39 Å². The van der Waals surface area contributed by atoms with Gasteiger partial charge in [-0.3, -0.25) is 0 Å². The van der Waals surface area contributed by atoms with Gasteiger partial charge in [0.1, 0.15) is 29.9 Å². The highest BCUT2D eigenvalue weighted by atomic mass is 35.5. The number of nitrogens with zero attached hydrogens (tertiary/aromatic N) is 1. The number of ether oxygens (including phenoxy) is 2. The molecule has 6 atom stereocenters. The van der Waals surface area contributed by atoms with Crippen LogP contribution in [-0.2, 0) is 15.1 Å². The number of hydrogen-bond donors (Lipinski definition) is 6. The summed E-state index contributed by atoms with van der Waals surface area (Å²) in [5.74, 6) is -2.47. The summed E-state index contributed by atoms with van der Waals surface area (Å²) in [5, 5.41) is 61.9. The van der Waals surface area contributed by atoms with Crippen molar-refractivity contribution >= 4 is 17.6 Å². The number of carboxylic acids is 1. The fourth-order valence-electron chi connectivity index (χ4n) is 5.02. The van der Waals surface area contributed by atoms with Gasteiger partial charge in [-0.25, -0.2) is 9.18 Å². The third-order valence-corrected chi connectivity index (χ3v) is 7.66. The molecule has 0 aromatic heterocycles. The van der Waals surface area contributed by atoms with Crippen LogP contribution in [0, 0.1) is 5.82 Å². The van der Waals surface area contributed by atoms with Gasteiger partial charge in [-0.05, 0) is 62.1 Å². The Kier molecular flexibility index (Phi) is 9.45. The van der Waals surface area contributed by atoms with Crippen molar-refractivity contribution in [3.05, 3.63) is 64.4 Å². The molecule has 0 spiro atoms. The molecule has 3 unspecified atom stereocenters. The van der Waals surface area contributed by atoms with Gasteiger partial charge in [0.25, 0.3) is 0 Å². The number of aliphatic hydroxyl groups excluding tert-OH is 4. The van der Waals surface area contributed by atoms with E-state index in [-0.39, 0.29) is 17.7 Å². The molecule has 0 aliphatic carbocycles. The van der Waals surface area contributed by atoms with Gasteiger partial charge in [0.2, 0.25) is 6.29 Å². The van der Waals surface area contributed by atoms with E-state index in [1.165, 1.54) is 6.07 Å². The second kappa shape index (κ2) is 12.4. The van der Waals surface area contributed by atoms with E-state index in [9.17, 15) is 39.8 Å². The van der Waals surface area contributed by atoms with Crippen LogP contribution in [0.5, 0.6) is 5.75 Å². The summed E-state index contributed by atoms with van der Waals surface area (Å²) in [7, 11) is 0. The van der Waals surface area contributed by atoms with Crippen LogP contribution >= 0.6 is 11.6 Å². The van der Waals surface area contributed by atoms with Crippen LogP contribution in [0.3, 0.4) is 0 Å². The Balaban J connectivity index is 1.33. The standard InChI is InChI=1S/C27H33ClFNO9/c28-16-5-3-15(4-6-16)27(37)9-12-30(13-10-27)11-1-2-19(31)18-8-7-17(29)14-20(18)38-26-23(34)21(32)22(33)24(39-26)25(35)36/h3-8,14,19,21-24,26,31-34,37H,1-2,9-13H2,(H,35,36)/t19?,21-,22+,23?,24?,26-/m1/s1. The highest BCUT2D eigenvalue weighted by Crippen LogP contribution is 2.35. The van der Waals surface area contributed by atoms with Gasteiger partial charge in [0.15, 0.2) is 6.10 Å². The smallest absolute Gasteiger partial charge is 0.335 e. The van der Waals surface area contributed by atoms with E-state index in [2.05, 4.69) is 4.90 Å². The molecule has 0 amide bonds. The molecule has 0 bridgehead atoms. The normalized spacial score (nSPS) is 28.1. The van der Waals surface area contributed by atoms with Crippen LogP contribution in [0.15, 0.2) is 42.5 Å². The summed E-state index contributed by atoms with van der Waals surface area (Å²) in [5.41, 5.74) is 0.0979. The van der Waals surface area contributed by atoms with Gasteiger partial charge in [-0.1, -0.05) is 23.7 Å². The molecule has 2 aromatic carbocycles. The van der Waals surface area contributed by atoms with Crippen molar-refractivity contribution in [3.8, 4) is 5.75 Å². The van der Waals surface area contributed by atoms with Gasteiger partial charge >= 0.3 is 5.97 Å². The Morgan fingerprint density at radius 3 is 2.41 bits per heavy atom. The molecule has 2 aliphatic rings. The van der Waals surface area contributed by atoms with Crippen LogP contribution < -0.4 is 4.74 Å². The molecule has 2 fully saturated rings. The molecule has 4 rings (SSSR count). The first-order valence-corrected chi connectivity index (χ1v) is 13.1. The third-order valence-electron chi connectivity index (χ3n) is 7.41. The van der Waals surface area contributed by atoms with Crippen molar-refractivity contribution in [2.75, 3.05) is 19.6 Å². The monoisotopic (exact) mass is 569 g/mol. The van der Waals surface area contributed by atoms with Crippen molar-refractivity contribution in [2.45, 2.75) is 68.1 Å². The highest BCUT2D eigenvalue weighted by Gasteiger charge is 2.48. The zero-order valence-electron chi connectivity index (χ0n) is 21.1. The number of aliphatic carboxylic acids is 1. The number of halogens is 2. The lowest BCUT2D eigenvalue weighted by Crippen LogP contribution is -2.61. The van der Waals surface area contributed by atoms with Crippen molar-refractivity contribution in [1.82, 2.24) is 4.90 Å². The number of rotatable bonds is 9. The number of aliphatic hydroxyl groups is 5. The lowest BCUT2D eigenvalue weighted by atomic mass is 9.84. The Labute approximate surface area is 229 Å². The Hall–Kier alpha value is -2.35. The summed E-state index contributed by atoms with van der Waals surface area (Å²) in [6.45, 7) is 1.98. The summed E-state index contributed by atoms with van der Waals surface area (Å²) in [4.78, 5) is 13.5. The zero-order chi connectivity index (χ0) is 28.3. The van der Waals surface area contributed by atoms with Crippen molar-refractivity contribution in [1.29, 1.82) is 0 Å². The molecular weight excluding hydrogens is 537 g/mol. The molecular formula is C27H33ClFNO9. The van der Waals surface area contributed by atoms with E-state index >= 15 is 0 Å². The SMILES string of the molecule is O=C(O)C1O[C@@H](Oc2cc(F)ccc2C(O)CCCN2CCC(O)(c3ccc(Cl)cc3)CC2)C(O)[C@H](O)[C@@H]1O. The number of piperidine rings is 1. The van der Waals surface area contributed by atoms with E-state index in [1.807, 2.05) is 12.1 Å². The number of benzene rings is 2. The predicted octanol–water partition coefficient (Wildman–Crippen LogP) is 1.55. The van der Waals surface area contributed by atoms with Crippen molar-refractivity contribution < 1.29 is 49.3 Å². The maximum Gasteiger partial charge on any atom is 0.335 e. The van der Waals surface area contributed by atoms with E-state index < -0.39 is 54.2 Å². The summed E-state index contributed by atoms with van der Waals surface area (Å²) >= 11 is 5.95. The third kappa shape index (κ3) is 6.87. The maximum atomic E-state index is 14.0. The topological polar surface area (TPSA) is 160 Å². The number of carbonyl (C=O) groups is 1. The minimum absolute atomic E-state index is 0.190. The molecule has 39 heavy (non-hydrogen) atoms. The lowest BCUT2D eigenvalue weighted by Gasteiger charge is -2.39. The largest absolute Gasteiger partial charge is 0.479 e. The maximum absolute atomic E-state index is 14.0. The molecule has 2 aromatic rings. The van der Waals surface area contributed by atoms with Gasteiger partial charge in [0, 0.05) is 29.7 Å². The molecule has 214 valence electrons. The minimum atomic E-state index is -1.90. The molecule has 2 saturated heterocycles. The van der Waals surface area contributed by atoms with Crippen LogP contribution in [0.2, 0.25) is 5.02 Å². The lowest BCUT2D eigenvalue weighted by molar-refractivity contribution is -0.271. The molecule has 2 heterocycles. The van der Waals surface area contributed by atoms with Gasteiger partial charge < -0.3 is 45.0 Å². The number of carboxylic acid groups (broad SMARTS) is 1. The highest BCUT2D eigenvalue weighted by molar-refractivity contribution is 6.30. The van der Waals surface area contributed by atoms with Crippen molar-refractivity contribution in [2.24, 2.45) is 0 Å². The summed E-state index contributed by atoms with van der Waals surface area (Å²) in [6, 6.07) is 10.6. The molecule has 2 aliphatic heterocycles. The Morgan fingerprint density at radius 1 is 1.10 bits per heavy atom. The fourth-order valence-corrected chi connectivity index (χ4v) is 5.15. The van der Waals surface area contributed by atoms with Gasteiger partial charge in [-0.2, -0.15) is 0 Å². The number of likely N-dealkylation sites (tertiary alicyclic amines) is 1. The van der Waals surface area contributed by atoms with Crippen LogP contribution in [0.1, 0.15) is 42.9 Å². The van der Waals surface area contributed by atoms with Crippen molar-refractivity contribution in [3.63, 3.8) is 0 Å². The first-order chi connectivity index (χ1) is 18.5. The predicted molar refractivity (Wildman–Crippen MR) is 137 cm³/mol. The molecule has 0 saturated carbocycles. The second-order valence-corrected chi connectivity index (χ2v) is 10.5. The first-order valence-electron chi connectivity index (χ1n) is 12.8. The Bertz CT molecular complexity index is 1130. The molecule has 10 nitrogen and oxygen atoms in total. The van der Waals surface area contributed by atoms with E-state index in [4.69, 9.17) is 21.1 Å². The zero-order valence-corrected chi connectivity index (χ0v) is 21.8. The molecule has 6 N–H and O–H groups in total. The van der Waals surface area contributed by atoms with Gasteiger partial charge in [-0.15, -0.1) is 0 Å². The quantitative estimate of drug-likeness (QED) is 0.261. The molecule has 12 heteroatoms. The average molecular weight is 570 g/mol. The second-order valence-electron chi connectivity index (χ2n) is 10.1. The van der Waals surface area contributed by atoms with E-state index in [0.717, 1.165) is 17.7 Å². The summed E-state index contributed by atoms with van der Waals surface area (Å²) < 4.78 is 24.7. The fraction of sp³-hybridized carbons (Fsp3) is 0.519. The molecule has 0 radical (unpaired) electrons. The van der Waals surface area contributed by atoms with E-state index in [1.54, 1.807) is 12.1 Å². The van der Waals surface area contributed by atoms with Gasteiger partial charge in [0.05, 0.1) is 11.7 Å². The average Bonchev–Trinajstić information content (AvgIpc) is 2.90. The van der Waals surface area contributed by atoms with E-state index in [0.29, 0.717) is 43.9 Å².